The minimum Gasteiger partial charge on any atom is -0.493 e. The largest absolute Gasteiger partial charge is 0.493 e. The van der Waals surface area contributed by atoms with E-state index < -0.39 is 6.17 Å². The number of hydrogen-bond donors (Lipinski definition) is 4. The number of benzene rings is 2. The summed E-state index contributed by atoms with van der Waals surface area (Å²) < 4.78 is 11.8. The van der Waals surface area contributed by atoms with Gasteiger partial charge in [-0.15, -0.1) is 5.48 Å². The van der Waals surface area contributed by atoms with Crippen LogP contribution in [0, 0.1) is 5.41 Å². The molecule has 1 aromatic heterocycles. The van der Waals surface area contributed by atoms with Crippen LogP contribution in [-0.2, 0) is 4.84 Å². The molecule has 2 aliphatic rings. The maximum atomic E-state index is 12.7. The van der Waals surface area contributed by atoms with Crippen LogP contribution in [0.3, 0.4) is 0 Å². The first-order chi connectivity index (χ1) is 21.7. The first-order valence-corrected chi connectivity index (χ1v) is 16.0. The molecule has 242 valence electrons. The first-order valence-electron chi connectivity index (χ1n) is 15.2. The third kappa shape index (κ3) is 8.98. The Balaban J connectivity index is 1.20. The summed E-state index contributed by atoms with van der Waals surface area (Å²) in [6.07, 6.45) is 3.86. The second-order valence-electron chi connectivity index (χ2n) is 12.0. The average Bonchev–Trinajstić information content (AvgIpc) is 3.49. The number of β-amino-alcohol motifs (C(OH)–C–C–N with tert-alkyl or cyclic N) is 1. The minimum absolute atomic E-state index is 0.160. The Morgan fingerprint density at radius 1 is 1.11 bits per heavy atom. The van der Waals surface area contributed by atoms with Gasteiger partial charge in [0.15, 0.2) is 11.5 Å². The summed E-state index contributed by atoms with van der Waals surface area (Å²) in [7, 11) is 1.63. The lowest BCUT2D eigenvalue weighted by Crippen LogP contribution is -2.47. The molecule has 0 spiro atoms. The fourth-order valence-corrected chi connectivity index (χ4v) is 6.05. The molecular formula is C32H43N7O5S. The number of allylic oxidation sites excluding steroid dienone is 1. The van der Waals surface area contributed by atoms with Crippen LogP contribution < -0.4 is 25.6 Å². The third-order valence-corrected chi connectivity index (χ3v) is 8.60. The van der Waals surface area contributed by atoms with Crippen LogP contribution in [0.15, 0.2) is 64.5 Å². The number of aliphatic hydroxyl groups excluding tert-OH is 1. The molecule has 1 saturated heterocycles. The number of carbonyl (C=O) groups is 1. The van der Waals surface area contributed by atoms with Gasteiger partial charge in [-0.1, -0.05) is 38.6 Å². The van der Waals surface area contributed by atoms with Crippen molar-refractivity contribution in [3.63, 3.8) is 0 Å². The van der Waals surface area contributed by atoms with Crippen molar-refractivity contribution in [1.29, 1.82) is 0 Å². The van der Waals surface area contributed by atoms with Gasteiger partial charge in [0, 0.05) is 66.7 Å². The number of carbonyl (C=O) groups excluding carboxylic acids is 1. The van der Waals surface area contributed by atoms with Crippen molar-refractivity contribution < 1.29 is 24.2 Å². The van der Waals surface area contributed by atoms with E-state index in [0.717, 1.165) is 72.3 Å². The van der Waals surface area contributed by atoms with Gasteiger partial charge in [-0.25, -0.2) is 14.8 Å². The number of amides is 2. The van der Waals surface area contributed by atoms with Crippen molar-refractivity contribution in [2.24, 2.45) is 5.41 Å². The standard InChI is InChI=1S/C32H43N7O5S/c1-32(2,3)28-20-29(37-44-28)36-31(41)35-22-7-5-8-23(17-22)45-30-24-18-27(26(42-4)19-25(24)33-21-34-30)43-16-6-9-38-10-12-39(13-11-38)14-15-40/h5,7-8,17-21,29,37,40H,6,9-16H2,1-4H3,(H2,35,36,41). The van der Waals surface area contributed by atoms with Crippen LogP contribution in [-0.4, -0.2) is 96.7 Å². The minimum atomic E-state index is -0.425. The maximum Gasteiger partial charge on any atom is 0.320 e. The van der Waals surface area contributed by atoms with Gasteiger partial charge in [0.05, 0.1) is 25.8 Å². The molecule has 0 saturated carbocycles. The molecule has 4 N–H and O–H groups in total. The summed E-state index contributed by atoms with van der Waals surface area (Å²) in [5.41, 5.74) is 4.07. The smallest absolute Gasteiger partial charge is 0.320 e. The Bertz CT molecular complexity index is 1490. The zero-order valence-corrected chi connectivity index (χ0v) is 27.2. The zero-order chi connectivity index (χ0) is 31.8. The normalized spacial score (nSPS) is 17.5. The van der Waals surface area contributed by atoms with E-state index in [1.54, 1.807) is 7.11 Å². The van der Waals surface area contributed by atoms with E-state index in [1.165, 1.54) is 18.1 Å². The number of rotatable bonds is 12. The fourth-order valence-electron chi connectivity index (χ4n) is 5.12. The molecule has 0 aliphatic carbocycles. The van der Waals surface area contributed by atoms with Crippen LogP contribution in [0.2, 0.25) is 0 Å². The average molecular weight is 638 g/mol. The summed E-state index contributed by atoms with van der Waals surface area (Å²) in [5, 5.41) is 16.5. The third-order valence-electron chi connectivity index (χ3n) is 7.59. The van der Waals surface area contributed by atoms with Gasteiger partial charge in [0.2, 0.25) is 0 Å². The molecule has 3 heterocycles. The molecule has 12 nitrogen and oxygen atoms in total. The van der Waals surface area contributed by atoms with Gasteiger partial charge in [-0.3, -0.25) is 4.90 Å². The molecule has 2 amide bonds. The number of anilines is 1. The SMILES string of the molecule is COc1cc2ncnc(Sc3cccc(NC(=O)NC4C=C(C(C)(C)C)ON4)c3)c2cc1OCCCN1CCN(CCO)CC1. The van der Waals surface area contributed by atoms with Gasteiger partial charge >= 0.3 is 6.03 Å². The van der Waals surface area contributed by atoms with E-state index in [4.69, 9.17) is 19.4 Å². The van der Waals surface area contributed by atoms with Gasteiger partial charge < -0.3 is 35.0 Å². The predicted molar refractivity (Wildman–Crippen MR) is 174 cm³/mol. The van der Waals surface area contributed by atoms with Gasteiger partial charge in [-0.05, 0) is 36.8 Å². The molecular weight excluding hydrogens is 594 g/mol. The van der Waals surface area contributed by atoms with Crippen LogP contribution in [0.25, 0.3) is 10.9 Å². The number of fused-ring (bicyclic) bond motifs is 1. The number of nitrogens with zero attached hydrogens (tertiary/aromatic N) is 4. The predicted octanol–water partition coefficient (Wildman–Crippen LogP) is 4.08. The van der Waals surface area contributed by atoms with Crippen molar-refractivity contribution >= 4 is 34.4 Å². The van der Waals surface area contributed by atoms with Crippen molar-refractivity contribution in [2.45, 2.75) is 43.3 Å². The van der Waals surface area contributed by atoms with Crippen molar-refractivity contribution in [2.75, 3.05) is 64.9 Å². The van der Waals surface area contributed by atoms with Crippen molar-refractivity contribution in [3.05, 3.63) is 54.6 Å². The zero-order valence-electron chi connectivity index (χ0n) is 26.3. The van der Waals surface area contributed by atoms with E-state index in [-0.39, 0.29) is 18.1 Å². The summed E-state index contributed by atoms with van der Waals surface area (Å²) in [6.45, 7) is 12.6. The van der Waals surface area contributed by atoms with Crippen LogP contribution in [0.4, 0.5) is 10.5 Å². The van der Waals surface area contributed by atoms with Gasteiger partial charge in [-0.2, -0.15) is 0 Å². The number of aliphatic hydroxyl groups is 1. The molecule has 1 fully saturated rings. The second kappa shape index (κ2) is 15.1. The van der Waals surface area contributed by atoms with E-state index in [2.05, 4.69) is 35.9 Å². The number of urea groups is 1. The van der Waals surface area contributed by atoms with E-state index in [0.29, 0.717) is 23.8 Å². The van der Waals surface area contributed by atoms with E-state index in [1.807, 2.05) is 63.2 Å². The monoisotopic (exact) mass is 637 g/mol. The number of piperazine rings is 1. The van der Waals surface area contributed by atoms with Crippen molar-refractivity contribution in [3.8, 4) is 11.5 Å². The molecule has 2 aliphatic heterocycles. The Kier molecular flexibility index (Phi) is 11.0. The van der Waals surface area contributed by atoms with Gasteiger partial charge in [0.25, 0.3) is 0 Å². The second-order valence-corrected chi connectivity index (χ2v) is 13.1. The summed E-state index contributed by atoms with van der Waals surface area (Å²) in [6, 6.07) is 11.1. The fraction of sp³-hybridized carbons (Fsp3) is 0.469. The van der Waals surface area contributed by atoms with Crippen LogP contribution >= 0.6 is 11.8 Å². The Hall–Kier alpha value is -3.62. The Labute approximate surface area is 268 Å². The Morgan fingerprint density at radius 2 is 1.89 bits per heavy atom. The molecule has 1 atom stereocenters. The number of hydrogen-bond acceptors (Lipinski definition) is 11. The molecule has 45 heavy (non-hydrogen) atoms. The lowest BCUT2D eigenvalue weighted by Gasteiger charge is -2.34. The highest BCUT2D eigenvalue weighted by Gasteiger charge is 2.27. The van der Waals surface area contributed by atoms with Gasteiger partial charge in [0.1, 0.15) is 23.3 Å². The highest BCUT2D eigenvalue weighted by atomic mass is 32.2. The lowest BCUT2D eigenvalue weighted by atomic mass is 9.94. The quantitative estimate of drug-likeness (QED) is 0.169. The first kappa shape index (κ1) is 32.8. The number of nitrogens with one attached hydrogen (secondary N) is 3. The molecule has 5 rings (SSSR count). The van der Waals surface area contributed by atoms with E-state index >= 15 is 0 Å². The Morgan fingerprint density at radius 3 is 2.60 bits per heavy atom. The van der Waals surface area contributed by atoms with Crippen molar-refractivity contribution in [1.82, 2.24) is 30.6 Å². The molecule has 3 aromatic rings. The summed E-state index contributed by atoms with van der Waals surface area (Å²) in [4.78, 5) is 32.9. The van der Waals surface area contributed by atoms with Crippen LogP contribution in [0.5, 0.6) is 11.5 Å². The molecule has 2 aromatic carbocycles. The number of methoxy groups -OCH3 is 1. The summed E-state index contributed by atoms with van der Waals surface area (Å²) in [5.74, 6) is 2.05. The molecule has 0 bridgehead atoms. The lowest BCUT2D eigenvalue weighted by molar-refractivity contribution is 0.0755. The van der Waals surface area contributed by atoms with Crippen LogP contribution in [0.1, 0.15) is 27.2 Å². The number of hydroxylamine groups is 1. The maximum absolute atomic E-state index is 12.7. The highest BCUT2D eigenvalue weighted by Crippen LogP contribution is 2.38. The molecule has 13 heteroatoms. The number of ether oxygens (including phenoxy) is 2. The molecule has 1 unspecified atom stereocenters. The highest BCUT2D eigenvalue weighted by molar-refractivity contribution is 7.99. The number of aromatic nitrogens is 2. The summed E-state index contributed by atoms with van der Waals surface area (Å²) >= 11 is 1.48. The molecule has 0 radical (unpaired) electrons. The topological polar surface area (TPSA) is 133 Å². The van der Waals surface area contributed by atoms with E-state index in [9.17, 15) is 4.79 Å².